The van der Waals surface area contributed by atoms with Gasteiger partial charge in [-0.25, -0.2) is 4.68 Å². The second kappa shape index (κ2) is 4.78. The Kier molecular flexibility index (Phi) is 3.39. The lowest BCUT2D eigenvalue weighted by molar-refractivity contribution is 0.648. The van der Waals surface area contributed by atoms with Crippen LogP contribution in [0, 0.1) is 0 Å². The predicted octanol–water partition coefficient (Wildman–Crippen LogP) is 3.21. The molecule has 0 spiro atoms. The van der Waals surface area contributed by atoms with Crippen molar-refractivity contribution in [1.82, 2.24) is 15.0 Å². The van der Waals surface area contributed by atoms with Crippen molar-refractivity contribution in [3.8, 4) is 0 Å². The zero-order valence-electron chi connectivity index (χ0n) is 9.39. The molecule has 0 radical (unpaired) electrons. The second-order valence-corrected chi connectivity index (χ2v) is 5.04. The quantitative estimate of drug-likeness (QED) is 0.864. The zero-order chi connectivity index (χ0) is 11.5. The van der Waals surface area contributed by atoms with E-state index in [0.717, 1.165) is 16.7 Å². The molecule has 0 unspecified atom stereocenters. The number of halogens is 1. The molecular weight excluding hydrogens is 266 g/mol. The molecule has 2 rings (SSSR count). The molecule has 0 fully saturated rings. The standard InChI is InChI=1S/C12H14BrN3/c1-9(2)12-8-16(15-14-12)7-10-4-3-5-11(13)6-10/h3-6,8-9H,7H2,1-2H3. The summed E-state index contributed by atoms with van der Waals surface area (Å²) in [5, 5.41) is 8.25. The first kappa shape index (κ1) is 11.3. The van der Waals surface area contributed by atoms with Crippen LogP contribution in [0.2, 0.25) is 0 Å². The summed E-state index contributed by atoms with van der Waals surface area (Å²) in [4.78, 5) is 0. The summed E-state index contributed by atoms with van der Waals surface area (Å²) in [5.74, 6) is 0.427. The summed E-state index contributed by atoms with van der Waals surface area (Å²) in [6.45, 7) is 5.00. The van der Waals surface area contributed by atoms with E-state index >= 15 is 0 Å². The van der Waals surface area contributed by atoms with Gasteiger partial charge >= 0.3 is 0 Å². The molecule has 1 aromatic heterocycles. The monoisotopic (exact) mass is 279 g/mol. The molecule has 3 nitrogen and oxygen atoms in total. The maximum Gasteiger partial charge on any atom is 0.0852 e. The van der Waals surface area contributed by atoms with E-state index in [1.807, 2.05) is 23.0 Å². The Balaban J connectivity index is 2.14. The first-order valence-electron chi connectivity index (χ1n) is 5.29. The number of hydrogen-bond acceptors (Lipinski definition) is 2. The molecule has 0 amide bonds. The van der Waals surface area contributed by atoms with Gasteiger partial charge in [-0.1, -0.05) is 47.1 Å². The first-order chi connectivity index (χ1) is 7.65. The van der Waals surface area contributed by atoms with E-state index in [-0.39, 0.29) is 0 Å². The van der Waals surface area contributed by atoms with Crippen molar-refractivity contribution in [1.29, 1.82) is 0 Å². The minimum Gasteiger partial charge on any atom is -0.248 e. The van der Waals surface area contributed by atoms with Crippen LogP contribution in [0.5, 0.6) is 0 Å². The van der Waals surface area contributed by atoms with Crippen LogP contribution in [0.25, 0.3) is 0 Å². The van der Waals surface area contributed by atoms with Gasteiger partial charge < -0.3 is 0 Å². The molecule has 0 saturated heterocycles. The molecule has 0 aliphatic heterocycles. The van der Waals surface area contributed by atoms with Gasteiger partial charge in [0.2, 0.25) is 0 Å². The third-order valence-corrected chi connectivity index (χ3v) is 2.87. The Hall–Kier alpha value is -1.16. The van der Waals surface area contributed by atoms with Crippen LogP contribution >= 0.6 is 15.9 Å². The molecule has 1 heterocycles. The minimum atomic E-state index is 0.427. The highest BCUT2D eigenvalue weighted by Gasteiger charge is 2.05. The van der Waals surface area contributed by atoms with Crippen molar-refractivity contribution in [2.75, 3.05) is 0 Å². The fourth-order valence-corrected chi connectivity index (χ4v) is 1.92. The van der Waals surface area contributed by atoms with E-state index in [9.17, 15) is 0 Å². The third-order valence-electron chi connectivity index (χ3n) is 2.38. The molecule has 4 heteroatoms. The van der Waals surface area contributed by atoms with Crippen molar-refractivity contribution >= 4 is 15.9 Å². The molecule has 0 bridgehead atoms. The van der Waals surface area contributed by atoms with Crippen LogP contribution in [-0.4, -0.2) is 15.0 Å². The minimum absolute atomic E-state index is 0.427. The van der Waals surface area contributed by atoms with Crippen molar-refractivity contribution in [3.63, 3.8) is 0 Å². The van der Waals surface area contributed by atoms with Gasteiger partial charge in [0.25, 0.3) is 0 Å². The largest absolute Gasteiger partial charge is 0.248 e. The van der Waals surface area contributed by atoms with Crippen molar-refractivity contribution in [3.05, 3.63) is 46.2 Å². The zero-order valence-corrected chi connectivity index (χ0v) is 11.0. The lowest BCUT2D eigenvalue weighted by atomic mass is 10.1. The van der Waals surface area contributed by atoms with Crippen molar-refractivity contribution in [2.45, 2.75) is 26.3 Å². The van der Waals surface area contributed by atoms with Gasteiger partial charge in [-0.2, -0.15) is 0 Å². The van der Waals surface area contributed by atoms with E-state index in [1.54, 1.807) is 0 Å². The number of benzene rings is 1. The number of hydrogen-bond donors (Lipinski definition) is 0. The van der Waals surface area contributed by atoms with Gasteiger partial charge in [-0.15, -0.1) is 5.10 Å². The van der Waals surface area contributed by atoms with Gasteiger partial charge in [0.15, 0.2) is 0 Å². The summed E-state index contributed by atoms with van der Waals surface area (Å²) < 4.78 is 2.96. The number of aromatic nitrogens is 3. The van der Waals surface area contributed by atoms with Gasteiger partial charge in [-0.05, 0) is 23.6 Å². The molecule has 2 aromatic rings. The topological polar surface area (TPSA) is 30.7 Å². The van der Waals surface area contributed by atoms with Gasteiger partial charge in [-0.3, -0.25) is 0 Å². The van der Waals surface area contributed by atoms with Gasteiger partial charge in [0.05, 0.1) is 12.2 Å². The molecule has 0 aliphatic carbocycles. The average Bonchev–Trinajstić information content (AvgIpc) is 2.66. The first-order valence-corrected chi connectivity index (χ1v) is 6.09. The highest BCUT2D eigenvalue weighted by molar-refractivity contribution is 9.10. The highest BCUT2D eigenvalue weighted by Crippen LogP contribution is 2.14. The Morgan fingerprint density at radius 1 is 1.38 bits per heavy atom. The van der Waals surface area contributed by atoms with Crippen LogP contribution in [0.15, 0.2) is 34.9 Å². The van der Waals surface area contributed by atoms with Crippen LogP contribution in [0.3, 0.4) is 0 Å². The number of rotatable bonds is 3. The highest BCUT2D eigenvalue weighted by atomic mass is 79.9. The Labute approximate surface area is 104 Å². The van der Waals surface area contributed by atoms with Crippen LogP contribution < -0.4 is 0 Å². The normalized spacial score (nSPS) is 11.0. The molecule has 0 atom stereocenters. The third kappa shape index (κ3) is 2.70. The van der Waals surface area contributed by atoms with Gasteiger partial charge in [0.1, 0.15) is 0 Å². The lowest BCUT2D eigenvalue weighted by Gasteiger charge is -2.01. The fourth-order valence-electron chi connectivity index (χ4n) is 1.48. The van der Waals surface area contributed by atoms with Crippen LogP contribution in [-0.2, 0) is 6.54 Å². The maximum atomic E-state index is 4.14. The average molecular weight is 280 g/mol. The second-order valence-electron chi connectivity index (χ2n) is 4.13. The maximum absolute atomic E-state index is 4.14. The van der Waals surface area contributed by atoms with E-state index in [0.29, 0.717) is 5.92 Å². The molecule has 0 aliphatic rings. The molecular formula is C12H14BrN3. The van der Waals surface area contributed by atoms with Crippen molar-refractivity contribution < 1.29 is 0 Å². The van der Waals surface area contributed by atoms with E-state index in [1.165, 1.54) is 5.56 Å². The summed E-state index contributed by atoms with van der Waals surface area (Å²) in [7, 11) is 0. The van der Waals surface area contributed by atoms with E-state index < -0.39 is 0 Å². The Morgan fingerprint density at radius 2 is 2.19 bits per heavy atom. The molecule has 1 aromatic carbocycles. The molecule has 0 N–H and O–H groups in total. The molecule has 84 valence electrons. The summed E-state index contributed by atoms with van der Waals surface area (Å²) in [6, 6.07) is 8.22. The number of nitrogens with zero attached hydrogens (tertiary/aromatic N) is 3. The Bertz CT molecular complexity index is 477. The summed E-state index contributed by atoms with van der Waals surface area (Å²) in [5.41, 5.74) is 2.25. The SMILES string of the molecule is CC(C)c1cn(Cc2cccc(Br)c2)nn1. The van der Waals surface area contributed by atoms with Gasteiger partial charge in [0, 0.05) is 10.7 Å². The van der Waals surface area contributed by atoms with E-state index in [2.05, 4.69) is 52.2 Å². The van der Waals surface area contributed by atoms with E-state index in [4.69, 9.17) is 0 Å². The Morgan fingerprint density at radius 3 is 2.81 bits per heavy atom. The van der Waals surface area contributed by atoms with Crippen LogP contribution in [0.1, 0.15) is 31.0 Å². The fraction of sp³-hybridized carbons (Fsp3) is 0.333. The van der Waals surface area contributed by atoms with Crippen LogP contribution in [0.4, 0.5) is 0 Å². The summed E-state index contributed by atoms with van der Waals surface area (Å²) >= 11 is 3.46. The molecule has 16 heavy (non-hydrogen) atoms. The predicted molar refractivity (Wildman–Crippen MR) is 67.4 cm³/mol. The summed E-state index contributed by atoms with van der Waals surface area (Å²) in [6.07, 6.45) is 2.01. The lowest BCUT2D eigenvalue weighted by Crippen LogP contribution is -2.00. The smallest absolute Gasteiger partial charge is 0.0852 e. The molecule has 0 saturated carbocycles. The van der Waals surface area contributed by atoms with Crippen molar-refractivity contribution in [2.24, 2.45) is 0 Å².